The van der Waals surface area contributed by atoms with Crippen molar-refractivity contribution in [1.82, 2.24) is 0 Å². The van der Waals surface area contributed by atoms with E-state index in [4.69, 9.17) is 27.8 Å². The first-order valence-electron chi connectivity index (χ1n) is 7.89. The Morgan fingerprint density at radius 3 is 2.50 bits per heavy atom. The SMILES string of the molecule is NCCCC[C@H](N)C(=O)Nc1ccc(Oc2ccccc2Cl)cc1. The van der Waals surface area contributed by atoms with E-state index in [1.165, 1.54) is 0 Å². The molecule has 0 radical (unpaired) electrons. The van der Waals surface area contributed by atoms with Gasteiger partial charge in [0.25, 0.3) is 0 Å². The topological polar surface area (TPSA) is 90.4 Å². The fourth-order valence-electron chi connectivity index (χ4n) is 2.14. The number of anilines is 1. The van der Waals surface area contributed by atoms with Crippen LogP contribution in [0.3, 0.4) is 0 Å². The summed E-state index contributed by atoms with van der Waals surface area (Å²) in [5.41, 5.74) is 12.0. The van der Waals surface area contributed by atoms with Crippen molar-refractivity contribution < 1.29 is 9.53 Å². The molecule has 0 aromatic heterocycles. The molecule has 0 saturated carbocycles. The van der Waals surface area contributed by atoms with Gasteiger partial charge in [-0.3, -0.25) is 4.79 Å². The number of para-hydroxylation sites is 1. The molecular weight excluding hydrogens is 326 g/mol. The highest BCUT2D eigenvalue weighted by atomic mass is 35.5. The van der Waals surface area contributed by atoms with Crippen LogP contribution in [0.1, 0.15) is 19.3 Å². The van der Waals surface area contributed by atoms with Crippen LogP contribution in [0.15, 0.2) is 48.5 Å². The molecule has 0 aliphatic carbocycles. The average Bonchev–Trinajstić information content (AvgIpc) is 2.58. The van der Waals surface area contributed by atoms with Gasteiger partial charge in [0, 0.05) is 5.69 Å². The summed E-state index contributed by atoms with van der Waals surface area (Å²) in [6, 6.07) is 13.8. The third kappa shape index (κ3) is 5.53. The molecule has 0 unspecified atom stereocenters. The van der Waals surface area contributed by atoms with Crippen molar-refractivity contribution in [3.63, 3.8) is 0 Å². The minimum absolute atomic E-state index is 0.202. The molecule has 5 nitrogen and oxygen atoms in total. The van der Waals surface area contributed by atoms with Crippen molar-refractivity contribution in [3.05, 3.63) is 53.6 Å². The van der Waals surface area contributed by atoms with Gasteiger partial charge < -0.3 is 21.5 Å². The average molecular weight is 348 g/mol. The van der Waals surface area contributed by atoms with Crippen LogP contribution in [0.4, 0.5) is 5.69 Å². The van der Waals surface area contributed by atoms with E-state index in [1.807, 2.05) is 12.1 Å². The van der Waals surface area contributed by atoms with Gasteiger partial charge in [0.15, 0.2) is 0 Å². The Bertz CT molecular complexity index is 662. The zero-order valence-electron chi connectivity index (χ0n) is 13.4. The fraction of sp³-hybridized carbons (Fsp3) is 0.278. The predicted molar refractivity (Wildman–Crippen MR) is 97.5 cm³/mol. The van der Waals surface area contributed by atoms with Crippen LogP contribution in [0, 0.1) is 0 Å². The quantitative estimate of drug-likeness (QED) is 0.637. The lowest BCUT2D eigenvalue weighted by Crippen LogP contribution is -2.35. The van der Waals surface area contributed by atoms with E-state index < -0.39 is 6.04 Å². The summed E-state index contributed by atoms with van der Waals surface area (Å²) in [5.74, 6) is 1.01. The second kappa shape index (κ2) is 9.27. The lowest BCUT2D eigenvalue weighted by molar-refractivity contribution is -0.117. The summed E-state index contributed by atoms with van der Waals surface area (Å²) in [7, 11) is 0. The molecule has 0 spiro atoms. The van der Waals surface area contributed by atoms with Gasteiger partial charge in [0.05, 0.1) is 11.1 Å². The van der Waals surface area contributed by atoms with Crippen molar-refractivity contribution >= 4 is 23.2 Å². The Hall–Kier alpha value is -2.08. The maximum atomic E-state index is 12.0. The normalized spacial score (nSPS) is 11.8. The summed E-state index contributed by atoms with van der Waals surface area (Å²) in [6.45, 7) is 0.612. The van der Waals surface area contributed by atoms with Crippen LogP contribution in [0.5, 0.6) is 11.5 Å². The smallest absolute Gasteiger partial charge is 0.241 e. The van der Waals surface area contributed by atoms with E-state index in [2.05, 4.69) is 5.32 Å². The third-order valence-electron chi connectivity index (χ3n) is 3.49. The molecular formula is C18H22ClN3O2. The van der Waals surface area contributed by atoms with Crippen molar-refractivity contribution in [2.75, 3.05) is 11.9 Å². The van der Waals surface area contributed by atoms with Gasteiger partial charge in [0.2, 0.25) is 5.91 Å². The highest BCUT2D eigenvalue weighted by Gasteiger charge is 2.13. The summed E-state index contributed by atoms with van der Waals surface area (Å²) < 4.78 is 5.70. The number of nitrogens with two attached hydrogens (primary N) is 2. The highest BCUT2D eigenvalue weighted by molar-refractivity contribution is 6.32. The summed E-state index contributed by atoms with van der Waals surface area (Å²) in [4.78, 5) is 12.0. The fourth-order valence-corrected chi connectivity index (χ4v) is 2.31. The van der Waals surface area contributed by atoms with E-state index in [-0.39, 0.29) is 5.91 Å². The predicted octanol–water partition coefficient (Wildman–Crippen LogP) is 3.53. The van der Waals surface area contributed by atoms with Crippen molar-refractivity contribution in [1.29, 1.82) is 0 Å². The molecule has 1 atom stereocenters. The van der Waals surface area contributed by atoms with Crippen molar-refractivity contribution in [3.8, 4) is 11.5 Å². The van der Waals surface area contributed by atoms with Gasteiger partial charge in [-0.1, -0.05) is 30.2 Å². The van der Waals surface area contributed by atoms with Gasteiger partial charge in [-0.05, 0) is 55.8 Å². The number of carbonyl (C=O) groups is 1. The number of ether oxygens (including phenoxy) is 1. The number of unbranched alkanes of at least 4 members (excludes halogenated alkanes) is 1. The van der Waals surface area contributed by atoms with Crippen LogP contribution in [-0.4, -0.2) is 18.5 Å². The molecule has 2 rings (SSSR count). The van der Waals surface area contributed by atoms with E-state index in [0.717, 1.165) is 12.8 Å². The maximum absolute atomic E-state index is 12.0. The first-order chi connectivity index (χ1) is 11.6. The Morgan fingerprint density at radius 1 is 1.12 bits per heavy atom. The standard InChI is InChI=1S/C18H22ClN3O2/c19-15-5-1-2-7-17(15)24-14-10-8-13(9-11-14)22-18(23)16(21)6-3-4-12-20/h1-2,5,7-11,16H,3-4,6,12,20-21H2,(H,22,23)/t16-/m0/s1. The molecule has 2 aromatic rings. The molecule has 1 amide bonds. The largest absolute Gasteiger partial charge is 0.456 e. The highest BCUT2D eigenvalue weighted by Crippen LogP contribution is 2.29. The van der Waals surface area contributed by atoms with E-state index in [9.17, 15) is 4.79 Å². The molecule has 6 heteroatoms. The van der Waals surface area contributed by atoms with E-state index in [0.29, 0.717) is 35.2 Å². The zero-order chi connectivity index (χ0) is 17.4. The lowest BCUT2D eigenvalue weighted by atomic mass is 10.1. The molecule has 2 aromatic carbocycles. The summed E-state index contributed by atoms with van der Waals surface area (Å²) >= 11 is 6.06. The van der Waals surface area contributed by atoms with Gasteiger partial charge in [-0.15, -0.1) is 0 Å². The lowest BCUT2D eigenvalue weighted by Gasteiger charge is -2.12. The van der Waals surface area contributed by atoms with Crippen molar-refractivity contribution in [2.24, 2.45) is 11.5 Å². The maximum Gasteiger partial charge on any atom is 0.241 e. The molecule has 0 aliphatic rings. The number of carbonyl (C=O) groups excluding carboxylic acids is 1. The first kappa shape index (κ1) is 18.3. The van der Waals surface area contributed by atoms with Crippen LogP contribution >= 0.6 is 11.6 Å². The van der Waals surface area contributed by atoms with Crippen molar-refractivity contribution in [2.45, 2.75) is 25.3 Å². The van der Waals surface area contributed by atoms with Gasteiger partial charge in [0.1, 0.15) is 11.5 Å². The molecule has 0 fully saturated rings. The number of nitrogens with one attached hydrogen (secondary N) is 1. The molecule has 0 heterocycles. The summed E-state index contributed by atoms with van der Waals surface area (Å²) in [6.07, 6.45) is 2.33. The zero-order valence-corrected chi connectivity index (χ0v) is 14.1. The van der Waals surface area contributed by atoms with Crippen LogP contribution in [0.25, 0.3) is 0 Å². The molecule has 5 N–H and O–H groups in total. The van der Waals surface area contributed by atoms with Crippen LogP contribution < -0.4 is 21.5 Å². The van der Waals surface area contributed by atoms with Crippen LogP contribution in [0.2, 0.25) is 5.02 Å². The molecule has 0 saturated heterocycles. The minimum Gasteiger partial charge on any atom is -0.456 e. The van der Waals surface area contributed by atoms with E-state index in [1.54, 1.807) is 36.4 Å². The van der Waals surface area contributed by atoms with Gasteiger partial charge in [-0.25, -0.2) is 0 Å². The Balaban J connectivity index is 1.90. The Morgan fingerprint density at radius 2 is 1.83 bits per heavy atom. The Labute approximate surface area is 146 Å². The monoisotopic (exact) mass is 347 g/mol. The number of hydrogen-bond acceptors (Lipinski definition) is 4. The number of hydrogen-bond donors (Lipinski definition) is 3. The molecule has 0 bridgehead atoms. The Kier molecular flexibility index (Phi) is 7.06. The summed E-state index contributed by atoms with van der Waals surface area (Å²) in [5, 5.41) is 3.33. The molecule has 0 aliphatic heterocycles. The van der Waals surface area contributed by atoms with Crippen LogP contribution in [-0.2, 0) is 4.79 Å². The van der Waals surface area contributed by atoms with Gasteiger partial charge >= 0.3 is 0 Å². The second-order valence-corrected chi connectivity index (χ2v) is 5.84. The second-order valence-electron chi connectivity index (χ2n) is 5.44. The number of halogens is 1. The molecule has 24 heavy (non-hydrogen) atoms. The van der Waals surface area contributed by atoms with E-state index >= 15 is 0 Å². The number of amides is 1. The van der Waals surface area contributed by atoms with Gasteiger partial charge in [-0.2, -0.15) is 0 Å². The third-order valence-corrected chi connectivity index (χ3v) is 3.80. The first-order valence-corrected chi connectivity index (χ1v) is 8.27. The minimum atomic E-state index is -0.532. The molecule has 128 valence electrons. The number of benzene rings is 2. The number of rotatable bonds is 8.